The highest BCUT2D eigenvalue weighted by molar-refractivity contribution is 6.08. The number of allylic oxidation sites excluding steroid dienone is 2. The van der Waals surface area contributed by atoms with E-state index in [-0.39, 0.29) is 17.3 Å². The van der Waals surface area contributed by atoms with Crippen LogP contribution in [0.3, 0.4) is 0 Å². The van der Waals surface area contributed by atoms with E-state index in [1.807, 2.05) is 22.9 Å². The van der Waals surface area contributed by atoms with Gasteiger partial charge in [0.2, 0.25) is 0 Å². The van der Waals surface area contributed by atoms with Crippen molar-refractivity contribution in [3.63, 3.8) is 0 Å². The Kier molecular flexibility index (Phi) is 4.96. The summed E-state index contributed by atoms with van der Waals surface area (Å²) in [5, 5.41) is 11.2. The molecule has 0 unspecified atom stereocenters. The highest BCUT2D eigenvalue weighted by Gasteiger charge is 2.46. The van der Waals surface area contributed by atoms with Crippen LogP contribution in [-0.2, 0) is 11.3 Å². The van der Waals surface area contributed by atoms with Crippen molar-refractivity contribution in [1.29, 1.82) is 0 Å². The number of nitrogens with zero attached hydrogens (tertiary/aromatic N) is 3. The van der Waals surface area contributed by atoms with Gasteiger partial charge in [0.15, 0.2) is 0 Å². The molecular formula is C33H32N4O. The molecule has 5 nitrogen and oxygen atoms in total. The largest absolute Gasteiger partial charge is 0.343 e. The highest BCUT2D eigenvalue weighted by Crippen LogP contribution is 2.51. The maximum Gasteiger partial charge on any atom is 0.143 e. The second kappa shape index (κ2) is 8.19. The summed E-state index contributed by atoms with van der Waals surface area (Å²) in [6.07, 6.45) is 2.81. The van der Waals surface area contributed by atoms with Gasteiger partial charge in [-0.3, -0.25) is 4.79 Å². The number of carbonyl (C=O) groups is 1. The van der Waals surface area contributed by atoms with Crippen molar-refractivity contribution in [1.82, 2.24) is 14.3 Å². The van der Waals surface area contributed by atoms with Crippen molar-refractivity contribution in [3.05, 3.63) is 101 Å². The maximum absolute atomic E-state index is 13.8. The zero-order valence-corrected chi connectivity index (χ0v) is 22.3. The van der Waals surface area contributed by atoms with Gasteiger partial charge in [-0.25, -0.2) is 4.68 Å². The van der Waals surface area contributed by atoms with Gasteiger partial charge in [-0.05, 0) is 55.2 Å². The smallest absolute Gasteiger partial charge is 0.143 e. The predicted molar refractivity (Wildman–Crippen MR) is 154 cm³/mol. The van der Waals surface area contributed by atoms with Gasteiger partial charge in [0.25, 0.3) is 0 Å². The number of aromatic nitrogens is 3. The Morgan fingerprint density at radius 1 is 0.947 bits per heavy atom. The molecule has 0 fully saturated rings. The van der Waals surface area contributed by atoms with Gasteiger partial charge < -0.3 is 9.88 Å². The normalized spacial score (nSPS) is 20.2. The Labute approximate surface area is 222 Å². The summed E-state index contributed by atoms with van der Waals surface area (Å²) in [5.74, 6) is 0.896. The fourth-order valence-corrected chi connectivity index (χ4v) is 6.83. The van der Waals surface area contributed by atoms with E-state index in [1.54, 1.807) is 0 Å². The van der Waals surface area contributed by atoms with Crippen molar-refractivity contribution in [2.45, 2.75) is 46.6 Å². The summed E-state index contributed by atoms with van der Waals surface area (Å²) in [4.78, 5) is 13.8. The number of ketones is 1. The number of para-hydroxylation sites is 2. The van der Waals surface area contributed by atoms with E-state index in [0.717, 1.165) is 35.0 Å². The summed E-state index contributed by atoms with van der Waals surface area (Å²) in [5.41, 5.74) is 7.52. The number of fused-ring (bicyclic) bond motifs is 5. The fraction of sp³-hybridized carbons (Fsp3) is 0.273. The maximum atomic E-state index is 13.8. The van der Waals surface area contributed by atoms with Gasteiger partial charge in [0.05, 0.1) is 17.3 Å². The van der Waals surface area contributed by atoms with E-state index in [4.69, 9.17) is 5.10 Å². The molecule has 1 aliphatic carbocycles. The van der Waals surface area contributed by atoms with Crippen LogP contribution in [0, 0.1) is 18.3 Å². The van der Waals surface area contributed by atoms with E-state index >= 15 is 0 Å². The van der Waals surface area contributed by atoms with Gasteiger partial charge >= 0.3 is 0 Å². The van der Waals surface area contributed by atoms with Crippen LogP contribution in [-0.4, -0.2) is 20.1 Å². The van der Waals surface area contributed by atoms with Crippen molar-refractivity contribution < 1.29 is 4.79 Å². The molecule has 0 saturated carbocycles. The molecule has 0 spiro atoms. The first kappa shape index (κ1) is 23.0. The van der Waals surface area contributed by atoms with Gasteiger partial charge in [0.1, 0.15) is 11.6 Å². The van der Waals surface area contributed by atoms with Gasteiger partial charge in [0, 0.05) is 51.9 Å². The molecule has 2 aromatic heterocycles. The number of carbonyl (C=O) groups excluding carboxylic acids is 1. The third kappa shape index (κ3) is 3.31. The van der Waals surface area contributed by atoms with Crippen LogP contribution in [0.15, 0.2) is 84.6 Å². The van der Waals surface area contributed by atoms with Crippen molar-refractivity contribution in [2.24, 2.45) is 11.3 Å². The van der Waals surface area contributed by atoms with E-state index in [2.05, 4.69) is 98.3 Å². The molecule has 0 amide bonds. The number of benzene rings is 3. The molecule has 190 valence electrons. The first-order chi connectivity index (χ1) is 18.4. The first-order valence-electron chi connectivity index (χ1n) is 13.5. The molecule has 7 rings (SSSR count). The Balaban J connectivity index is 1.50. The fourth-order valence-electron chi connectivity index (χ4n) is 6.83. The van der Waals surface area contributed by atoms with E-state index in [9.17, 15) is 4.79 Å². The Morgan fingerprint density at radius 2 is 1.68 bits per heavy atom. The van der Waals surface area contributed by atoms with E-state index in [0.29, 0.717) is 12.2 Å². The Hall–Kier alpha value is -4.12. The molecule has 0 bridgehead atoms. The monoisotopic (exact) mass is 500 g/mol. The first-order valence-corrected chi connectivity index (χ1v) is 13.5. The topological polar surface area (TPSA) is 51.9 Å². The summed E-state index contributed by atoms with van der Waals surface area (Å²) in [6.45, 7) is 9.46. The molecule has 3 aromatic carbocycles. The number of hydrogen-bond acceptors (Lipinski definition) is 3. The molecule has 0 radical (unpaired) electrons. The molecule has 1 N–H and O–H groups in total. The second-order valence-corrected chi connectivity index (χ2v) is 11.4. The zero-order chi connectivity index (χ0) is 26.2. The molecule has 2 aliphatic rings. The Morgan fingerprint density at radius 3 is 2.47 bits per heavy atom. The molecule has 5 aromatic rings. The molecule has 0 saturated heterocycles. The zero-order valence-electron chi connectivity index (χ0n) is 22.3. The van der Waals surface area contributed by atoms with Gasteiger partial charge in [-0.15, -0.1) is 0 Å². The minimum atomic E-state index is -0.250. The number of hydrogen-bond donors (Lipinski definition) is 1. The van der Waals surface area contributed by atoms with Crippen LogP contribution in [0.1, 0.15) is 49.9 Å². The molecule has 5 heteroatoms. The minimum absolute atomic E-state index is 0.105. The lowest BCUT2D eigenvalue weighted by Gasteiger charge is -2.40. The van der Waals surface area contributed by atoms with Crippen molar-refractivity contribution >= 4 is 33.4 Å². The third-order valence-electron chi connectivity index (χ3n) is 8.34. The highest BCUT2D eigenvalue weighted by atomic mass is 16.1. The third-order valence-corrected chi connectivity index (χ3v) is 8.34. The van der Waals surface area contributed by atoms with Gasteiger partial charge in [-0.2, -0.15) is 5.10 Å². The molecule has 38 heavy (non-hydrogen) atoms. The van der Waals surface area contributed by atoms with Crippen LogP contribution >= 0.6 is 0 Å². The number of anilines is 1. The van der Waals surface area contributed by atoms with Crippen LogP contribution in [0.2, 0.25) is 0 Å². The summed E-state index contributed by atoms with van der Waals surface area (Å²) in [6, 6.07) is 25.7. The average Bonchev–Trinajstić information content (AvgIpc) is 3.41. The van der Waals surface area contributed by atoms with Crippen LogP contribution in [0.4, 0.5) is 5.82 Å². The van der Waals surface area contributed by atoms with Crippen molar-refractivity contribution in [3.8, 4) is 5.69 Å². The number of nitrogens with one attached hydrogen (secondary N) is 1. The summed E-state index contributed by atoms with van der Waals surface area (Å²) < 4.78 is 4.38. The standard InChI is InChI=1S/C33H32N4O/c1-5-36-26-14-10-9-13-23(26)24-17-21(15-16-27(24)36)30-29-20(2)35-37(22-11-7-6-8-12-22)32(29)34-25-18-33(3,4)19-28(38)31(25)30/h6-18,30-31,34H,5,19H2,1-4H3/t30-,31+/m0/s1. The second-order valence-electron chi connectivity index (χ2n) is 11.4. The molecule has 1 aliphatic heterocycles. The lowest BCUT2D eigenvalue weighted by molar-refractivity contribution is -0.124. The van der Waals surface area contributed by atoms with E-state index < -0.39 is 0 Å². The molecule has 2 atom stereocenters. The minimum Gasteiger partial charge on any atom is -0.343 e. The van der Waals surface area contributed by atoms with Gasteiger partial charge in [-0.1, -0.05) is 62.4 Å². The Bertz CT molecular complexity index is 1770. The predicted octanol–water partition coefficient (Wildman–Crippen LogP) is 7.37. The average molecular weight is 501 g/mol. The SMILES string of the molecule is CCn1c2ccccc2c2cc([C@H]3c4c(C)nn(-c5ccccc5)c4NC4=CC(C)(C)CC(=O)[C@@H]43)ccc21. The number of aryl methyl sites for hydroxylation is 2. The number of rotatable bonds is 3. The summed E-state index contributed by atoms with van der Waals surface area (Å²) in [7, 11) is 0. The van der Waals surface area contributed by atoms with Crippen LogP contribution in [0.5, 0.6) is 0 Å². The van der Waals surface area contributed by atoms with Crippen LogP contribution in [0.25, 0.3) is 27.5 Å². The molecular weight excluding hydrogens is 468 g/mol. The summed E-state index contributed by atoms with van der Waals surface area (Å²) >= 11 is 0. The van der Waals surface area contributed by atoms with Crippen LogP contribution < -0.4 is 5.32 Å². The number of Topliss-reactive ketones (excluding diaryl/α,β-unsaturated/α-hetero) is 1. The molecule has 3 heterocycles. The lowest BCUT2D eigenvalue weighted by Crippen LogP contribution is -2.39. The quantitative estimate of drug-likeness (QED) is 0.281. The van der Waals surface area contributed by atoms with E-state index in [1.165, 1.54) is 27.4 Å². The lowest BCUT2D eigenvalue weighted by atomic mass is 9.67. The van der Waals surface area contributed by atoms with Crippen molar-refractivity contribution in [2.75, 3.05) is 5.32 Å².